The van der Waals surface area contributed by atoms with Crippen molar-refractivity contribution >= 4 is 29.0 Å². The van der Waals surface area contributed by atoms with Crippen LogP contribution in [0.3, 0.4) is 0 Å². The molecule has 3 N–H and O–H groups in total. The smallest absolute Gasteiger partial charge is 0.387 e. The van der Waals surface area contributed by atoms with E-state index < -0.39 is 17.9 Å². The van der Waals surface area contributed by atoms with E-state index in [9.17, 15) is 18.4 Å². The number of nitrogens with zero attached hydrogens (tertiary/aromatic N) is 2. The molecule has 7 nitrogen and oxygen atoms in total. The summed E-state index contributed by atoms with van der Waals surface area (Å²) in [5.41, 5.74) is 5.40. The van der Waals surface area contributed by atoms with Crippen molar-refractivity contribution in [3.05, 3.63) is 33.0 Å². The van der Waals surface area contributed by atoms with E-state index in [0.717, 1.165) is 19.3 Å². The Balaban J connectivity index is 0.00000225. The molecular weight excluding hydrogens is 394 g/mol. The molecule has 1 saturated carbocycles. The number of nitrogens with one attached hydrogen (secondary N) is 1. The largest absolute Gasteiger partial charge is 0.430 e. The molecule has 1 aromatic carbocycles. The Labute approximate surface area is 165 Å². The van der Waals surface area contributed by atoms with Crippen LogP contribution in [-0.4, -0.2) is 35.3 Å². The molecule has 1 aromatic heterocycles. The molecule has 2 heterocycles. The fourth-order valence-corrected chi connectivity index (χ4v) is 3.88. The predicted octanol–water partition coefficient (Wildman–Crippen LogP) is 2.22. The van der Waals surface area contributed by atoms with Crippen LogP contribution in [0.4, 0.5) is 14.5 Å². The van der Waals surface area contributed by atoms with Crippen LogP contribution in [0.5, 0.6) is 5.75 Å². The number of aromatic nitrogens is 2. The number of H-pyrrole nitrogens is 1. The first kappa shape index (κ1) is 20.6. The minimum atomic E-state index is -3.07. The molecule has 1 aliphatic carbocycles. The molecular formula is C18H23ClF2N4O3. The fraction of sp³-hybridized carbons (Fsp3) is 0.556. The van der Waals surface area contributed by atoms with Crippen molar-refractivity contribution < 1.29 is 13.5 Å². The molecule has 2 aliphatic rings. The Bertz CT molecular complexity index is 987. The fourth-order valence-electron chi connectivity index (χ4n) is 3.88. The molecule has 4 rings (SSSR count). The van der Waals surface area contributed by atoms with Gasteiger partial charge in [0.05, 0.1) is 11.1 Å². The number of hydrogen-bond donors (Lipinski definition) is 2. The molecule has 0 radical (unpaired) electrons. The second-order valence-electron chi connectivity index (χ2n) is 7.40. The summed E-state index contributed by atoms with van der Waals surface area (Å²) in [5.74, 6) is 0.132. The number of nitrogens with two attached hydrogens (primary N) is 1. The van der Waals surface area contributed by atoms with Crippen LogP contribution in [0, 0.1) is 5.92 Å². The number of ether oxygens (including phenoxy) is 1. The van der Waals surface area contributed by atoms with Gasteiger partial charge in [-0.2, -0.15) is 8.78 Å². The van der Waals surface area contributed by atoms with E-state index >= 15 is 0 Å². The lowest BCUT2D eigenvalue weighted by Crippen LogP contribution is -2.32. The number of anilines is 1. The summed E-state index contributed by atoms with van der Waals surface area (Å²) >= 11 is 0. The Hall–Kier alpha value is -2.13. The number of rotatable bonds is 5. The van der Waals surface area contributed by atoms with Crippen molar-refractivity contribution in [2.75, 3.05) is 18.0 Å². The van der Waals surface area contributed by atoms with Crippen LogP contribution < -0.4 is 26.6 Å². The van der Waals surface area contributed by atoms with Crippen molar-refractivity contribution in [1.29, 1.82) is 0 Å². The number of benzene rings is 1. The maximum Gasteiger partial charge on any atom is 0.387 e. The molecule has 154 valence electrons. The SMILES string of the molecule is C[C@H](N)C1CCN(c2ccc3c(=O)[nH]c(=O)n(C4CC4)c3c2OC(F)F)C1.Cl. The number of halogens is 3. The summed E-state index contributed by atoms with van der Waals surface area (Å²) in [7, 11) is 0. The molecule has 0 spiro atoms. The lowest BCUT2D eigenvalue weighted by atomic mass is 10.0. The van der Waals surface area contributed by atoms with E-state index in [1.54, 1.807) is 12.1 Å². The Morgan fingerprint density at radius 1 is 1.25 bits per heavy atom. The predicted molar refractivity (Wildman–Crippen MR) is 105 cm³/mol. The summed E-state index contributed by atoms with van der Waals surface area (Å²) < 4.78 is 32.7. The van der Waals surface area contributed by atoms with E-state index in [-0.39, 0.29) is 47.1 Å². The Morgan fingerprint density at radius 2 is 1.96 bits per heavy atom. The van der Waals surface area contributed by atoms with Gasteiger partial charge in [0.1, 0.15) is 5.52 Å². The van der Waals surface area contributed by atoms with Crippen LogP contribution in [0.15, 0.2) is 21.7 Å². The van der Waals surface area contributed by atoms with Gasteiger partial charge in [-0.1, -0.05) is 0 Å². The first-order valence-corrected chi connectivity index (χ1v) is 9.13. The first-order chi connectivity index (χ1) is 12.9. The third kappa shape index (κ3) is 3.60. The highest BCUT2D eigenvalue weighted by atomic mass is 35.5. The van der Waals surface area contributed by atoms with Crippen LogP contribution in [0.25, 0.3) is 10.9 Å². The normalized spacial score (nSPS) is 20.5. The van der Waals surface area contributed by atoms with Gasteiger partial charge < -0.3 is 15.4 Å². The van der Waals surface area contributed by atoms with Gasteiger partial charge in [-0.15, -0.1) is 12.4 Å². The van der Waals surface area contributed by atoms with Gasteiger partial charge in [0.2, 0.25) is 0 Å². The van der Waals surface area contributed by atoms with Gasteiger partial charge in [0.15, 0.2) is 5.75 Å². The number of hydrogen-bond acceptors (Lipinski definition) is 5. The lowest BCUT2D eigenvalue weighted by Gasteiger charge is -2.24. The van der Waals surface area contributed by atoms with E-state index in [2.05, 4.69) is 4.98 Å². The maximum atomic E-state index is 13.2. The van der Waals surface area contributed by atoms with Crippen LogP contribution >= 0.6 is 12.4 Å². The van der Waals surface area contributed by atoms with Crippen molar-refractivity contribution in [2.45, 2.75) is 44.9 Å². The highest BCUT2D eigenvalue weighted by Crippen LogP contribution is 2.42. The zero-order chi connectivity index (χ0) is 19.3. The summed E-state index contributed by atoms with van der Waals surface area (Å²) in [6.07, 6.45) is 2.36. The van der Waals surface area contributed by atoms with E-state index in [1.807, 2.05) is 11.8 Å². The summed E-state index contributed by atoms with van der Waals surface area (Å²) in [5, 5.41) is 0.170. The highest BCUT2D eigenvalue weighted by molar-refractivity contribution is 5.90. The minimum Gasteiger partial charge on any atom is -0.430 e. The summed E-state index contributed by atoms with van der Waals surface area (Å²) in [6.45, 7) is 0.117. The van der Waals surface area contributed by atoms with Crippen LogP contribution in [0.1, 0.15) is 32.2 Å². The Morgan fingerprint density at radius 3 is 2.54 bits per heavy atom. The van der Waals surface area contributed by atoms with Gasteiger partial charge in [-0.25, -0.2) is 4.79 Å². The van der Waals surface area contributed by atoms with Crippen molar-refractivity contribution in [3.8, 4) is 5.75 Å². The molecule has 2 fully saturated rings. The number of alkyl halides is 2. The average molecular weight is 417 g/mol. The van der Waals surface area contributed by atoms with Crippen molar-refractivity contribution in [1.82, 2.24) is 9.55 Å². The number of fused-ring (bicyclic) bond motifs is 1. The van der Waals surface area contributed by atoms with E-state index in [1.165, 1.54) is 4.57 Å². The summed E-state index contributed by atoms with van der Waals surface area (Å²) in [6, 6.07) is 3.06. The molecule has 10 heteroatoms. The molecule has 2 aromatic rings. The van der Waals surface area contributed by atoms with E-state index in [0.29, 0.717) is 18.8 Å². The molecule has 28 heavy (non-hydrogen) atoms. The molecule has 1 aliphatic heterocycles. The van der Waals surface area contributed by atoms with Gasteiger partial charge in [0.25, 0.3) is 5.56 Å². The van der Waals surface area contributed by atoms with E-state index in [4.69, 9.17) is 10.5 Å². The third-order valence-corrected chi connectivity index (χ3v) is 5.46. The average Bonchev–Trinajstić information content (AvgIpc) is 3.30. The monoisotopic (exact) mass is 416 g/mol. The zero-order valence-electron chi connectivity index (χ0n) is 15.4. The van der Waals surface area contributed by atoms with Gasteiger partial charge >= 0.3 is 12.3 Å². The summed E-state index contributed by atoms with van der Waals surface area (Å²) in [4.78, 5) is 28.9. The second-order valence-corrected chi connectivity index (χ2v) is 7.40. The van der Waals surface area contributed by atoms with Crippen molar-refractivity contribution in [3.63, 3.8) is 0 Å². The highest BCUT2D eigenvalue weighted by Gasteiger charge is 2.32. The van der Waals surface area contributed by atoms with Gasteiger partial charge in [-0.3, -0.25) is 14.3 Å². The Kier molecular flexibility index (Phi) is 5.67. The molecule has 0 bridgehead atoms. The molecule has 2 atom stereocenters. The zero-order valence-corrected chi connectivity index (χ0v) is 16.2. The van der Waals surface area contributed by atoms with Gasteiger partial charge in [-0.05, 0) is 44.2 Å². The lowest BCUT2D eigenvalue weighted by molar-refractivity contribution is -0.0487. The number of aromatic amines is 1. The standard InChI is InChI=1S/C18H22F2N4O3.ClH/c1-9(21)10-6-7-23(8-10)13-5-4-12-14(15(13)27-17(19)20)24(11-2-3-11)18(26)22-16(12)25;/h4-5,9-11,17H,2-3,6-8,21H2,1H3,(H,22,25,26);1H/t9-,10?;/m0./s1. The maximum absolute atomic E-state index is 13.2. The van der Waals surface area contributed by atoms with Crippen LogP contribution in [0.2, 0.25) is 0 Å². The second kappa shape index (κ2) is 7.71. The van der Waals surface area contributed by atoms with Crippen molar-refractivity contribution in [2.24, 2.45) is 11.7 Å². The quantitative estimate of drug-likeness (QED) is 0.779. The molecule has 1 saturated heterocycles. The molecule has 1 unspecified atom stereocenters. The third-order valence-electron chi connectivity index (χ3n) is 5.46. The first-order valence-electron chi connectivity index (χ1n) is 9.13. The van der Waals surface area contributed by atoms with Crippen LogP contribution in [-0.2, 0) is 0 Å². The topological polar surface area (TPSA) is 93.4 Å². The minimum absolute atomic E-state index is 0. The molecule has 0 amide bonds. The van der Waals surface area contributed by atoms with Gasteiger partial charge in [0, 0.05) is 25.2 Å².